The molecule has 2 rings (SSSR count). The molecule has 1 saturated carbocycles. The summed E-state index contributed by atoms with van der Waals surface area (Å²) in [6, 6.07) is 0.976. The average Bonchev–Trinajstić information content (AvgIpc) is 2.64. The maximum atomic E-state index is 2.74. The molecule has 1 aliphatic heterocycles. The Hall–Kier alpha value is -0.0400. The molecule has 1 aliphatic carbocycles. The molecule has 0 aromatic rings. The van der Waals surface area contributed by atoms with Crippen LogP contribution in [0, 0.1) is 11.8 Å². The molecule has 3 atom stereocenters. The molecule has 2 fully saturated rings. The van der Waals surface area contributed by atoms with Crippen molar-refractivity contribution in [3.05, 3.63) is 0 Å². The molecule has 3 unspecified atom stereocenters. The molecule has 2 aliphatic rings. The number of rotatable bonds is 3. The van der Waals surface area contributed by atoms with Crippen LogP contribution in [0.4, 0.5) is 0 Å². The van der Waals surface area contributed by atoms with Crippen molar-refractivity contribution >= 4 is 0 Å². The maximum Gasteiger partial charge on any atom is 0.00987 e. The predicted molar refractivity (Wildman–Crippen MR) is 52.2 cm³/mol. The topological polar surface area (TPSA) is 3.24 Å². The SMILES string of the molecule is CCC(C)CN1CC2CCC1C2. The minimum absolute atomic E-state index is 0.907. The van der Waals surface area contributed by atoms with E-state index in [1.165, 1.54) is 38.8 Å². The van der Waals surface area contributed by atoms with Crippen LogP contribution in [-0.2, 0) is 0 Å². The van der Waals surface area contributed by atoms with Gasteiger partial charge in [-0.3, -0.25) is 4.90 Å². The van der Waals surface area contributed by atoms with Crippen LogP contribution in [-0.4, -0.2) is 24.0 Å². The Balaban J connectivity index is 1.82. The summed E-state index contributed by atoms with van der Waals surface area (Å²) in [5.74, 6) is 1.98. The number of fused-ring (bicyclic) bond motifs is 2. The lowest BCUT2D eigenvalue weighted by Crippen LogP contribution is -2.35. The van der Waals surface area contributed by atoms with Gasteiger partial charge in [0, 0.05) is 19.1 Å². The third-order valence-electron chi connectivity index (χ3n) is 3.77. The molecule has 0 aromatic carbocycles. The van der Waals surface area contributed by atoms with E-state index < -0.39 is 0 Å². The highest BCUT2D eigenvalue weighted by Gasteiger charge is 2.37. The molecule has 12 heavy (non-hydrogen) atoms. The number of likely N-dealkylation sites (tertiary alicyclic amines) is 1. The molecule has 0 amide bonds. The highest BCUT2D eigenvalue weighted by Crippen LogP contribution is 2.37. The Kier molecular flexibility index (Phi) is 2.40. The van der Waals surface area contributed by atoms with E-state index in [2.05, 4.69) is 18.7 Å². The Morgan fingerprint density at radius 2 is 2.25 bits per heavy atom. The molecule has 0 N–H and O–H groups in total. The zero-order valence-corrected chi connectivity index (χ0v) is 8.42. The fraction of sp³-hybridized carbons (Fsp3) is 1.00. The molecular formula is C11H21N. The molecule has 70 valence electrons. The fourth-order valence-electron chi connectivity index (χ4n) is 2.78. The van der Waals surface area contributed by atoms with Gasteiger partial charge in [0.1, 0.15) is 0 Å². The van der Waals surface area contributed by atoms with Crippen molar-refractivity contribution in [2.24, 2.45) is 11.8 Å². The monoisotopic (exact) mass is 167 g/mol. The van der Waals surface area contributed by atoms with Crippen molar-refractivity contribution in [3.8, 4) is 0 Å². The van der Waals surface area contributed by atoms with Gasteiger partial charge in [-0.2, -0.15) is 0 Å². The highest BCUT2D eigenvalue weighted by molar-refractivity contribution is 4.92. The second-order valence-electron chi connectivity index (χ2n) is 4.80. The van der Waals surface area contributed by atoms with Gasteiger partial charge in [-0.1, -0.05) is 20.3 Å². The molecule has 0 spiro atoms. The lowest BCUT2D eigenvalue weighted by molar-refractivity contribution is 0.185. The van der Waals surface area contributed by atoms with Gasteiger partial charge in [-0.15, -0.1) is 0 Å². The van der Waals surface area contributed by atoms with Crippen molar-refractivity contribution in [2.45, 2.75) is 45.6 Å². The standard InChI is InChI=1S/C11H21N/c1-3-9(2)7-12-8-10-4-5-11(12)6-10/h9-11H,3-8H2,1-2H3. The second-order valence-corrected chi connectivity index (χ2v) is 4.80. The van der Waals surface area contributed by atoms with Crippen molar-refractivity contribution in [2.75, 3.05) is 13.1 Å². The fourth-order valence-corrected chi connectivity index (χ4v) is 2.78. The van der Waals surface area contributed by atoms with E-state index in [0.717, 1.165) is 17.9 Å². The van der Waals surface area contributed by atoms with Gasteiger partial charge in [-0.25, -0.2) is 0 Å². The lowest BCUT2D eigenvalue weighted by Gasteiger charge is -2.28. The Morgan fingerprint density at radius 1 is 1.42 bits per heavy atom. The summed E-state index contributed by atoms with van der Waals surface area (Å²) in [7, 11) is 0. The minimum atomic E-state index is 0.907. The summed E-state index contributed by atoms with van der Waals surface area (Å²) < 4.78 is 0. The van der Waals surface area contributed by atoms with Gasteiger partial charge >= 0.3 is 0 Å². The number of hydrogen-bond donors (Lipinski definition) is 0. The van der Waals surface area contributed by atoms with Crippen LogP contribution >= 0.6 is 0 Å². The van der Waals surface area contributed by atoms with Crippen molar-refractivity contribution < 1.29 is 0 Å². The number of piperidine rings is 1. The van der Waals surface area contributed by atoms with Crippen LogP contribution in [0.3, 0.4) is 0 Å². The van der Waals surface area contributed by atoms with Crippen LogP contribution in [0.5, 0.6) is 0 Å². The molecule has 0 aromatic heterocycles. The van der Waals surface area contributed by atoms with E-state index in [4.69, 9.17) is 0 Å². The Morgan fingerprint density at radius 3 is 2.75 bits per heavy atom. The van der Waals surface area contributed by atoms with E-state index in [1.807, 2.05) is 0 Å². The van der Waals surface area contributed by atoms with Crippen LogP contribution < -0.4 is 0 Å². The normalized spacial score (nSPS) is 37.5. The van der Waals surface area contributed by atoms with Crippen LogP contribution in [0.1, 0.15) is 39.5 Å². The van der Waals surface area contributed by atoms with Crippen molar-refractivity contribution in [1.29, 1.82) is 0 Å². The Bertz CT molecular complexity index is 155. The van der Waals surface area contributed by atoms with Gasteiger partial charge in [0.2, 0.25) is 0 Å². The first-order chi connectivity index (χ1) is 5.79. The molecular weight excluding hydrogens is 146 g/mol. The van der Waals surface area contributed by atoms with Crippen LogP contribution in [0.15, 0.2) is 0 Å². The largest absolute Gasteiger partial charge is 0.300 e. The third kappa shape index (κ3) is 1.52. The summed E-state index contributed by atoms with van der Waals surface area (Å²) in [4.78, 5) is 2.74. The summed E-state index contributed by atoms with van der Waals surface area (Å²) in [6.45, 7) is 7.46. The van der Waals surface area contributed by atoms with E-state index in [1.54, 1.807) is 0 Å². The molecule has 1 saturated heterocycles. The third-order valence-corrected chi connectivity index (χ3v) is 3.77. The van der Waals surface area contributed by atoms with E-state index in [-0.39, 0.29) is 0 Å². The highest BCUT2D eigenvalue weighted by atomic mass is 15.2. The number of hydrogen-bond acceptors (Lipinski definition) is 1. The zero-order valence-electron chi connectivity index (χ0n) is 8.42. The van der Waals surface area contributed by atoms with Gasteiger partial charge in [0.25, 0.3) is 0 Å². The van der Waals surface area contributed by atoms with Crippen LogP contribution in [0.25, 0.3) is 0 Å². The molecule has 2 bridgehead atoms. The number of nitrogens with zero attached hydrogens (tertiary/aromatic N) is 1. The maximum absolute atomic E-state index is 2.74. The summed E-state index contributed by atoms with van der Waals surface area (Å²) in [5, 5.41) is 0. The minimum Gasteiger partial charge on any atom is -0.300 e. The summed E-state index contributed by atoms with van der Waals surface area (Å²) in [5.41, 5.74) is 0. The van der Waals surface area contributed by atoms with Crippen molar-refractivity contribution in [1.82, 2.24) is 4.90 Å². The quantitative estimate of drug-likeness (QED) is 0.624. The summed E-state index contributed by atoms with van der Waals surface area (Å²) in [6.07, 6.45) is 5.85. The lowest BCUT2D eigenvalue weighted by atomic mass is 10.1. The van der Waals surface area contributed by atoms with Gasteiger partial charge < -0.3 is 0 Å². The summed E-state index contributed by atoms with van der Waals surface area (Å²) >= 11 is 0. The van der Waals surface area contributed by atoms with E-state index >= 15 is 0 Å². The molecule has 1 heteroatoms. The Labute approximate surface area is 76.1 Å². The first-order valence-electron chi connectivity index (χ1n) is 5.53. The molecule has 0 radical (unpaired) electrons. The smallest absolute Gasteiger partial charge is 0.00987 e. The van der Waals surface area contributed by atoms with E-state index in [9.17, 15) is 0 Å². The van der Waals surface area contributed by atoms with Gasteiger partial charge in [-0.05, 0) is 31.1 Å². The second kappa shape index (κ2) is 3.37. The predicted octanol–water partition coefficient (Wildman–Crippen LogP) is 2.52. The average molecular weight is 167 g/mol. The first kappa shape index (κ1) is 8.55. The van der Waals surface area contributed by atoms with Crippen molar-refractivity contribution in [3.63, 3.8) is 0 Å². The van der Waals surface area contributed by atoms with Crippen LogP contribution in [0.2, 0.25) is 0 Å². The molecule has 1 nitrogen and oxygen atoms in total. The molecule has 1 heterocycles. The first-order valence-corrected chi connectivity index (χ1v) is 5.53. The van der Waals surface area contributed by atoms with E-state index in [0.29, 0.717) is 0 Å². The van der Waals surface area contributed by atoms with Gasteiger partial charge in [0.05, 0.1) is 0 Å². The van der Waals surface area contributed by atoms with Gasteiger partial charge in [0.15, 0.2) is 0 Å². The zero-order chi connectivity index (χ0) is 8.55.